The van der Waals surface area contributed by atoms with Crippen LogP contribution in [-0.2, 0) is 19.3 Å². The Morgan fingerprint density at radius 3 is 2.45 bits per heavy atom. The van der Waals surface area contributed by atoms with E-state index in [1.54, 1.807) is 32.5 Å². The van der Waals surface area contributed by atoms with E-state index in [0.717, 1.165) is 0 Å². The quantitative estimate of drug-likeness (QED) is 0.392. The van der Waals surface area contributed by atoms with Crippen LogP contribution in [0.25, 0.3) is 10.8 Å². The Hall–Kier alpha value is -0.191. The number of unbranched alkanes of at least 4 members (excludes halogenated alkanes) is 1. The first-order valence-corrected chi connectivity index (χ1v) is 17.8. The van der Waals surface area contributed by atoms with Gasteiger partial charge in [-0.25, -0.2) is 11.3 Å². The van der Waals surface area contributed by atoms with Crippen molar-refractivity contribution in [1.29, 1.82) is 0 Å². The smallest absolute Gasteiger partial charge is 0.209 e. The fourth-order valence-electron chi connectivity index (χ4n) is 4.94. The molecule has 4 heteroatoms. The van der Waals surface area contributed by atoms with Crippen LogP contribution in [0.3, 0.4) is 0 Å². The van der Waals surface area contributed by atoms with Gasteiger partial charge in [0.05, 0.1) is 0 Å². The van der Waals surface area contributed by atoms with Crippen LogP contribution in [0.4, 0.5) is 0 Å². The summed E-state index contributed by atoms with van der Waals surface area (Å²) in [4.78, 5) is 0. The van der Waals surface area contributed by atoms with Gasteiger partial charge in [-0.1, -0.05) is 70.6 Å². The minimum atomic E-state index is -1.57. The molecular formula is C25H34Li2Si2. The second kappa shape index (κ2) is 9.52. The van der Waals surface area contributed by atoms with Crippen molar-refractivity contribution < 1.29 is 37.7 Å². The number of hydrogen-bond donors (Lipinski definition) is 0. The molecule has 0 unspecified atom stereocenters. The van der Waals surface area contributed by atoms with E-state index >= 15 is 0 Å². The fourth-order valence-corrected chi connectivity index (χ4v) is 14.1. The van der Waals surface area contributed by atoms with E-state index in [0.29, 0.717) is 0 Å². The van der Waals surface area contributed by atoms with Crippen LogP contribution < -0.4 is 48.1 Å². The van der Waals surface area contributed by atoms with Crippen LogP contribution in [0.2, 0.25) is 26.2 Å². The summed E-state index contributed by atoms with van der Waals surface area (Å²) >= 11 is 0. The van der Waals surface area contributed by atoms with Crippen LogP contribution >= 0.6 is 0 Å². The third-order valence-electron chi connectivity index (χ3n) is 7.58. The molecule has 0 heterocycles. The Balaban J connectivity index is 0.00000150. The summed E-state index contributed by atoms with van der Waals surface area (Å²) in [5.74, 6) is 0. The van der Waals surface area contributed by atoms with Gasteiger partial charge in [0.1, 0.15) is 0 Å². The molecule has 0 aromatic heterocycles. The first-order valence-electron chi connectivity index (χ1n) is 10.8. The SMILES string of the molecule is CCCCc1cc([Si](C)(C)[Si](C)(C)c2cc[c-]3cc4c(cc23)CCC4)c[cH-]1.[Li+].[Li+]. The van der Waals surface area contributed by atoms with Gasteiger partial charge in [0.25, 0.3) is 0 Å². The summed E-state index contributed by atoms with van der Waals surface area (Å²) in [5.41, 5.74) is 4.78. The Bertz CT molecular complexity index is 963. The Morgan fingerprint density at radius 2 is 1.72 bits per heavy atom. The summed E-state index contributed by atoms with van der Waals surface area (Å²) in [6.45, 7) is 12.8. The molecule has 0 saturated heterocycles. The molecule has 0 atom stereocenters. The maximum atomic E-state index is 2.64. The molecule has 0 fully saturated rings. The second-order valence-electron chi connectivity index (χ2n) is 9.67. The molecule has 1 aliphatic rings. The molecule has 0 spiro atoms. The zero-order chi connectivity index (χ0) is 19.2. The average Bonchev–Trinajstić information content (AvgIpc) is 3.36. The summed E-state index contributed by atoms with van der Waals surface area (Å²) in [5, 5.41) is 6.45. The molecule has 0 N–H and O–H groups in total. The summed E-state index contributed by atoms with van der Waals surface area (Å²) < 4.78 is 0. The van der Waals surface area contributed by atoms with E-state index in [-0.39, 0.29) is 37.7 Å². The van der Waals surface area contributed by atoms with E-state index in [4.69, 9.17) is 0 Å². The average molecular weight is 405 g/mol. The predicted molar refractivity (Wildman–Crippen MR) is 126 cm³/mol. The van der Waals surface area contributed by atoms with E-state index in [2.05, 4.69) is 75.6 Å². The maximum Gasteiger partial charge on any atom is 1.00 e. The van der Waals surface area contributed by atoms with Crippen molar-refractivity contribution in [2.45, 2.75) is 71.6 Å². The first kappa shape index (κ1) is 25.1. The molecule has 0 aliphatic heterocycles. The third kappa shape index (κ3) is 4.41. The number of aryl methyl sites for hydroxylation is 3. The molecule has 3 aromatic rings. The molecule has 0 bridgehead atoms. The first-order chi connectivity index (χ1) is 12.8. The topological polar surface area (TPSA) is 0 Å². The molecule has 0 saturated carbocycles. The molecule has 144 valence electrons. The Morgan fingerprint density at radius 1 is 1.00 bits per heavy atom. The minimum Gasteiger partial charge on any atom is -0.209 e. The largest absolute Gasteiger partial charge is 1.00 e. The number of hydrogen-bond acceptors (Lipinski definition) is 0. The molecule has 3 aromatic carbocycles. The van der Waals surface area contributed by atoms with Gasteiger partial charge < -0.3 is 0 Å². The van der Waals surface area contributed by atoms with Gasteiger partial charge in [-0.15, -0.1) is 39.9 Å². The standard InChI is InChI=1S/C25H34Si2.2Li/c1-6-7-9-19-12-14-23(16-19)26(2,3)27(4,5)25-15-13-22-17-20-10-8-11-21(20)18-24(22)25;;/h12-18H,6-11H2,1-5H3;;/q-2;2*+1. The molecule has 0 radical (unpaired) electrons. The zero-order valence-electron chi connectivity index (χ0n) is 19.8. The van der Waals surface area contributed by atoms with Crippen molar-refractivity contribution in [1.82, 2.24) is 0 Å². The Labute approximate surface area is 203 Å². The van der Waals surface area contributed by atoms with Crippen LogP contribution in [0, 0.1) is 0 Å². The van der Waals surface area contributed by atoms with Crippen molar-refractivity contribution in [3.05, 3.63) is 59.2 Å². The molecule has 0 amide bonds. The molecule has 29 heavy (non-hydrogen) atoms. The van der Waals surface area contributed by atoms with E-state index in [1.165, 1.54) is 43.9 Å². The predicted octanol–water partition coefficient (Wildman–Crippen LogP) is -0.274. The van der Waals surface area contributed by atoms with Crippen LogP contribution in [0.15, 0.2) is 42.5 Å². The van der Waals surface area contributed by atoms with Crippen molar-refractivity contribution in [2.24, 2.45) is 0 Å². The van der Waals surface area contributed by atoms with Crippen LogP contribution in [0.5, 0.6) is 0 Å². The summed E-state index contributed by atoms with van der Waals surface area (Å²) in [7, 11) is -3.11. The second-order valence-corrected chi connectivity index (χ2v) is 24.8. The number of benzene rings is 1. The molecular weight excluding hydrogens is 370 g/mol. The van der Waals surface area contributed by atoms with Gasteiger partial charge in [-0.2, -0.15) is 23.8 Å². The maximum absolute atomic E-state index is 2.64. The van der Waals surface area contributed by atoms with Crippen molar-refractivity contribution in [3.63, 3.8) is 0 Å². The van der Waals surface area contributed by atoms with Gasteiger partial charge in [0.15, 0.2) is 0 Å². The number of rotatable bonds is 6. The van der Waals surface area contributed by atoms with Gasteiger partial charge in [0.2, 0.25) is 0 Å². The van der Waals surface area contributed by atoms with Gasteiger partial charge in [-0.05, 0) is 14.0 Å². The number of fused-ring (bicyclic) bond motifs is 2. The minimum absolute atomic E-state index is 0. The Kier molecular flexibility index (Phi) is 8.23. The van der Waals surface area contributed by atoms with Crippen LogP contribution in [0.1, 0.15) is 42.9 Å². The molecule has 1 aliphatic carbocycles. The molecule has 0 nitrogen and oxygen atoms in total. The molecule has 4 rings (SSSR count). The van der Waals surface area contributed by atoms with E-state index in [1.807, 2.05) is 0 Å². The summed E-state index contributed by atoms with van der Waals surface area (Å²) in [6, 6.07) is 17.4. The third-order valence-corrected chi connectivity index (χ3v) is 25.3. The van der Waals surface area contributed by atoms with Gasteiger partial charge in [0, 0.05) is 7.59 Å². The van der Waals surface area contributed by atoms with Crippen LogP contribution in [-0.4, -0.2) is 15.2 Å². The van der Waals surface area contributed by atoms with Crippen molar-refractivity contribution >= 4 is 36.3 Å². The van der Waals surface area contributed by atoms with Crippen molar-refractivity contribution in [2.75, 3.05) is 0 Å². The van der Waals surface area contributed by atoms with E-state index in [9.17, 15) is 0 Å². The zero-order valence-corrected chi connectivity index (χ0v) is 21.8. The summed E-state index contributed by atoms with van der Waals surface area (Å²) in [6.07, 6.45) is 7.74. The monoisotopic (exact) mass is 404 g/mol. The van der Waals surface area contributed by atoms with Crippen molar-refractivity contribution in [3.8, 4) is 0 Å². The van der Waals surface area contributed by atoms with Gasteiger partial charge >= 0.3 is 37.7 Å². The fraction of sp³-hybridized carbons (Fsp3) is 0.440. The van der Waals surface area contributed by atoms with Gasteiger partial charge in [-0.3, -0.25) is 0 Å². The normalized spacial score (nSPS) is 13.8. The van der Waals surface area contributed by atoms with E-state index < -0.39 is 15.2 Å².